The SMILES string of the molecule is CCC1CN(S(=O)(=O)c2ccc(OCCOC)c(C)c2)CC1O. The quantitative estimate of drug-likeness (QED) is 0.758. The molecule has 1 aliphatic heterocycles. The van der Waals surface area contributed by atoms with Gasteiger partial charge in [-0.25, -0.2) is 8.42 Å². The normalized spacial score (nSPS) is 22.4. The Balaban J connectivity index is 2.16. The van der Waals surface area contributed by atoms with Crippen LogP contribution in [0.3, 0.4) is 0 Å². The molecule has 0 spiro atoms. The van der Waals surface area contributed by atoms with Gasteiger partial charge in [0.15, 0.2) is 0 Å². The van der Waals surface area contributed by atoms with Crippen LogP contribution in [-0.4, -0.2) is 57.3 Å². The first-order valence-corrected chi connectivity index (χ1v) is 9.24. The molecule has 1 aliphatic rings. The van der Waals surface area contributed by atoms with E-state index in [0.29, 0.717) is 25.5 Å². The number of methoxy groups -OCH3 is 1. The first-order valence-electron chi connectivity index (χ1n) is 7.80. The number of benzene rings is 1. The molecule has 1 saturated heterocycles. The Morgan fingerprint density at radius 1 is 1.30 bits per heavy atom. The van der Waals surface area contributed by atoms with Crippen LogP contribution < -0.4 is 4.74 Å². The summed E-state index contributed by atoms with van der Waals surface area (Å²) in [6.45, 7) is 5.19. The molecule has 0 saturated carbocycles. The lowest BCUT2D eigenvalue weighted by molar-refractivity contribution is 0.143. The molecule has 0 radical (unpaired) electrons. The number of nitrogens with zero attached hydrogens (tertiary/aromatic N) is 1. The van der Waals surface area contributed by atoms with Crippen molar-refractivity contribution in [1.29, 1.82) is 0 Å². The summed E-state index contributed by atoms with van der Waals surface area (Å²) in [7, 11) is -1.99. The van der Waals surface area contributed by atoms with Crippen molar-refractivity contribution in [2.75, 3.05) is 33.4 Å². The zero-order valence-corrected chi connectivity index (χ0v) is 14.7. The fourth-order valence-corrected chi connectivity index (χ4v) is 4.34. The highest BCUT2D eigenvalue weighted by molar-refractivity contribution is 7.89. The zero-order valence-electron chi connectivity index (χ0n) is 13.9. The summed E-state index contributed by atoms with van der Waals surface area (Å²) < 4.78 is 37.3. The minimum absolute atomic E-state index is 0.00234. The van der Waals surface area contributed by atoms with Crippen LogP contribution in [0.2, 0.25) is 0 Å². The summed E-state index contributed by atoms with van der Waals surface area (Å²) in [6.07, 6.45) is 0.172. The van der Waals surface area contributed by atoms with Gasteiger partial charge in [-0.1, -0.05) is 6.92 Å². The van der Waals surface area contributed by atoms with Gasteiger partial charge in [0.25, 0.3) is 0 Å². The number of aliphatic hydroxyl groups is 1. The molecule has 1 fully saturated rings. The third-order valence-corrected chi connectivity index (χ3v) is 6.05. The van der Waals surface area contributed by atoms with Crippen LogP contribution in [-0.2, 0) is 14.8 Å². The van der Waals surface area contributed by atoms with Crippen LogP contribution in [0, 0.1) is 12.8 Å². The summed E-state index contributed by atoms with van der Waals surface area (Å²) in [4.78, 5) is 0.234. The van der Waals surface area contributed by atoms with Gasteiger partial charge < -0.3 is 14.6 Å². The maximum Gasteiger partial charge on any atom is 0.243 e. The molecule has 0 amide bonds. The third kappa shape index (κ3) is 4.03. The maximum atomic E-state index is 12.7. The molecule has 23 heavy (non-hydrogen) atoms. The fraction of sp³-hybridized carbons (Fsp3) is 0.625. The molecule has 1 aromatic rings. The number of aliphatic hydroxyl groups excluding tert-OH is 1. The van der Waals surface area contributed by atoms with E-state index in [2.05, 4.69) is 0 Å². The summed E-state index contributed by atoms with van der Waals surface area (Å²) >= 11 is 0. The van der Waals surface area contributed by atoms with Crippen molar-refractivity contribution in [3.63, 3.8) is 0 Å². The predicted molar refractivity (Wildman–Crippen MR) is 87.1 cm³/mol. The Morgan fingerprint density at radius 2 is 2.04 bits per heavy atom. The molecule has 0 aliphatic carbocycles. The lowest BCUT2D eigenvalue weighted by Crippen LogP contribution is -2.29. The largest absolute Gasteiger partial charge is 0.491 e. The molecule has 2 rings (SSSR count). The zero-order chi connectivity index (χ0) is 17.0. The van der Waals surface area contributed by atoms with Crippen molar-refractivity contribution in [2.24, 2.45) is 5.92 Å². The van der Waals surface area contributed by atoms with E-state index in [9.17, 15) is 13.5 Å². The van der Waals surface area contributed by atoms with E-state index < -0.39 is 16.1 Å². The summed E-state index contributed by atoms with van der Waals surface area (Å²) in [6, 6.07) is 4.83. The number of β-amino-alcohol motifs (C(OH)–C–C–N with tert-alkyl or cyclic N) is 1. The minimum atomic E-state index is -3.59. The Hall–Kier alpha value is -1.15. The Labute approximate surface area is 138 Å². The van der Waals surface area contributed by atoms with E-state index in [4.69, 9.17) is 9.47 Å². The number of aryl methyl sites for hydroxylation is 1. The van der Waals surface area contributed by atoms with Gasteiger partial charge in [-0.15, -0.1) is 0 Å². The molecule has 0 aromatic heterocycles. The van der Waals surface area contributed by atoms with E-state index in [0.717, 1.165) is 12.0 Å². The Morgan fingerprint density at radius 3 is 2.61 bits per heavy atom. The van der Waals surface area contributed by atoms with Crippen LogP contribution in [0.5, 0.6) is 5.75 Å². The van der Waals surface area contributed by atoms with Gasteiger partial charge >= 0.3 is 0 Å². The number of hydrogen-bond donors (Lipinski definition) is 1. The first-order chi connectivity index (χ1) is 10.9. The smallest absolute Gasteiger partial charge is 0.243 e. The van der Waals surface area contributed by atoms with Crippen molar-refractivity contribution in [1.82, 2.24) is 4.31 Å². The van der Waals surface area contributed by atoms with Crippen LogP contribution >= 0.6 is 0 Å². The maximum absolute atomic E-state index is 12.7. The average Bonchev–Trinajstić information content (AvgIpc) is 2.90. The highest BCUT2D eigenvalue weighted by Crippen LogP contribution is 2.29. The van der Waals surface area contributed by atoms with Gasteiger partial charge in [0.2, 0.25) is 10.0 Å². The lowest BCUT2D eigenvalue weighted by atomic mass is 10.0. The highest BCUT2D eigenvalue weighted by Gasteiger charge is 2.37. The molecular weight excluding hydrogens is 318 g/mol. The highest BCUT2D eigenvalue weighted by atomic mass is 32.2. The third-order valence-electron chi connectivity index (χ3n) is 4.23. The van der Waals surface area contributed by atoms with Crippen LogP contribution in [0.15, 0.2) is 23.1 Å². The molecule has 2 unspecified atom stereocenters. The molecule has 7 heteroatoms. The molecule has 2 atom stereocenters. The van der Waals surface area contributed by atoms with Gasteiger partial charge in [-0.2, -0.15) is 4.31 Å². The van der Waals surface area contributed by atoms with E-state index in [1.807, 2.05) is 13.8 Å². The second kappa shape index (κ2) is 7.61. The van der Waals surface area contributed by atoms with Crippen LogP contribution in [0.1, 0.15) is 18.9 Å². The number of hydrogen-bond acceptors (Lipinski definition) is 5. The monoisotopic (exact) mass is 343 g/mol. The second-order valence-corrected chi connectivity index (χ2v) is 7.76. The van der Waals surface area contributed by atoms with Crippen molar-refractivity contribution in [2.45, 2.75) is 31.3 Å². The van der Waals surface area contributed by atoms with E-state index in [-0.39, 0.29) is 17.4 Å². The lowest BCUT2D eigenvalue weighted by Gasteiger charge is -2.17. The van der Waals surface area contributed by atoms with Gasteiger partial charge in [0.05, 0.1) is 17.6 Å². The molecule has 130 valence electrons. The number of sulfonamides is 1. The van der Waals surface area contributed by atoms with Gasteiger partial charge in [0, 0.05) is 20.2 Å². The molecule has 1 N–H and O–H groups in total. The second-order valence-electron chi connectivity index (χ2n) is 5.83. The van der Waals surface area contributed by atoms with Gasteiger partial charge in [-0.3, -0.25) is 0 Å². The van der Waals surface area contributed by atoms with Crippen LogP contribution in [0.4, 0.5) is 0 Å². The minimum Gasteiger partial charge on any atom is -0.491 e. The van der Waals surface area contributed by atoms with Crippen molar-refractivity contribution in [3.05, 3.63) is 23.8 Å². The summed E-state index contributed by atoms with van der Waals surface area (Å²) in [5, 5.41) is 9.95. The van der Waals surface area contributed by atoms with E-state index in [1.54, 1.807) is 25.3 Å². The topological polar surface area (TPSA) is 76.1 Å². The standard InChI is InChI=1S/C16H25NO5S/c1-4-13-10-17(11-15(13)18)23(19,20)14-5-6-16(12(2)9-14)22-8-7-21-3/h5-6,9,13,15,18H,4,7-8,10-11H2,1-3H3. The van der Waals surface area contributed by atoms with E-state index in [1.165, 1.54) is 4.31 Å². The summed E-state index contributed by atoms with van der Waals surface area (Å²) in [5.74, 6) is 0.649. The Kier molecular flexibility index (Phi) is 6.02. The fourth-order valence-electron chi connectivity index (χ4n) is 2.74. The molecule has 1 aromatic carbocycles. The number of ether oxygens (including phenoxy) is 2. The average molecular weight is 343 g/mol. The van der Waals surface area contributed by atoms with Crippen LogP contribution in [0.25, 0.3) is 0 Å². The Bertz CT molecular complexity index is 631. The predicted octanol–water partition coefficient (Wildman–Crippen LogP) is 1.41. The molecule has 6 nitrogen and oxygen atoms in total. The molecule has 0 bridgehead atoms. The first kappa shape index (κ1) is 18.2. The van der Waals surface area contributed by atoms with Crippen molar-refractivity contribution in [3.8, 4) is 5.75 Å². The van der Waals surface area contributed by atoms with Crippen molar-refractivity contribution < 1.29 is 23.0 Å². The van der Waals surface area contributed by atoms with Crippen molar-refractivity contribution >= 4 is 10.0 Å². The van der Waals surface area contributed by atoms with Gasteiger partial charge in [0.1, 0.15) is 12.4 Å². The van der Waals surface area contributed by atoms with Gasteiger partial charge in [-0.05, 0) is 43.0 Å². The molecular formula is C16H25NO5S. The summed E-state index contributed by atoms with van der Waals surface area (Å²) in [5.41, 5.74) is 0.758. The van der Waals surface area contributed by atoms with E-state index >= 15 is 0 Å². The number of rotatable bonds is 7. The molecule has 1 heterocycles.